The third kappa shape index (κ3) is 2.17. The number of rotatable bonds is 3. The Morgan fingerprint density at radius 1 is 1.41 bits per heavy atom. The Balaban J connectivity index is 1.83. The lowest BCUT2D eigenvalue weighted by molar-refractivity contribution is 0.583. The number of hydrogen-bond donors (Lipinski definition) is 0. The summed E-state index contributed by atoms with van der Waals surface area (Å²) in [6.45, 7) is 0.367. The Bertz CT molecular complexity index is 548. The Hall–Kier alpha value is -1.42. The summed E-state index contributed by atoms with van der Waals surface area (Å²) in [5, 5.41) is 4.48. The zero-order chi connectivity index (χ0) is 11.8. The summed E-state index contributed by atoms with van der Waals surface area (Å²) < 4.78 is 15.3. The number of nitrogens with zero attached hydrogens (tertiary/aromatic N) is 3. The first-order valence-electron chi connectivity index (χ1n) is 5.56. The van der Waals surface area contributed by atoms with Gasteiger partial charge in [-0.15, -0.1) is 0 Å². The van der Waals surface area contributed by atoms with Crippen LogP contribution in [0.3, 0.4) is 0 Å². The highest BCUT2D eigenvalue weighted by molar-refractivity contribution is 6.30. The third-order valence-electron chi connectivity index (χ3n) is 2.86. The van der Waals surface area contributed by atoms with Gasteiger partial charge in [-0.2, -0.15) is 5.10 Å². The maximum absolute atomic E-state index is 13.7. The third-order valence-corrected chi connectivity index (χ3v) is 3.15. The fourth-order valence-corrected chi connectivity index (χ4v) is 1.95. The van der Waals surface area contributed by atoms with Crippen LogP contribution in [0.15, 0.2) is 24.5 Å². The number of hydrogen-bond acceptors (Lipinski definition) is 2. The van der Waals surface area contributed by atoms with Crippen LogP contribution < -0.4 is 0 Å². The zero-order valence-corrected chi connectivity index (χ0v) is 9.86. The van der Waals surface area contributed by atoms with E-state index in [4.69, 9.17) is 11.6 Å². The fraction of sp³-hybridized carbons (Fsp3) is 0.333. The Labute approximate surface area is 103 Å². The van der Waals surface area contributed by atoms with E-state index in [-0.39, 0.29) is 10.8 Å². The first-order valence-corrected chi connectivity index (χ1v) is 5.94. The van der Waals surface area contributed by atoms with Crippen LogP contribution in [0.1, 0.15) is 30.1 Å². The second-order valence-corrected chi connectivity index (χ2v) is 4.69. The van der Waals surface area contributed by atoms with Crippen LogP contribution in [0.4, 0.5) is 4.39 Å². The van der Waals surface area contributed by atoms with Crippen LogP contribution in [-0.2, 0) is 6.54 Å². The molecular weight excluding hydrogens is 241 g/mol. The van der Waals surface area contributed by atoms with Crippen molar-refractivity contribution in [3.05, 3.63) is 46.8 Å². The van der Waals surface area contributed by atoms with Gasteiger partial charge in [0.05, 0.1) is 11.6 Å². The second-order valence-electron chi connectivity index (χ2n) is 4.29. The summed E-state index contributed by atoms with van der Waals surface area (Å²) in [4.78, 5) is 4.22. The van der Waals surface area contributed by atoms with Gasteiger partial charge in [-0.05, 0) is 18.9 Å². The Morgan fingerprint density at radius 3 is 3.00 bits per heavy atom. The summed E-state index contributed by atoms with van der Waals surface area (Å²) in [5.74, 6) is 1.01. The van der Waals surface area contributed by atoms with Crippen LogP contribution in [-0.4, -0.2) is 14.8 Å². The van der Waals surface area contributed by atoms with E-state index in [2.05, 4.69) is 10.1 Å². The number of aromatic nitrogens is 3. The lowest BCUT2D eigenvalue weighted by Crippen LogP contribution is -2.03. The van der Waals surface area contributed by atoms with Crippen molar-refractivity contribution in [2.24, 2.45) is 0 Å². The van der Waals surface area contributed by atoms with Gasteiger partial charge in [0.15, 0.2) is 5.82 Å². The molecule has 1 fully saturated rings. The van der Waals surface area contributed by atoms with E-state index in [1.54, 1.807) is 23.1 Å². The molecule has 0 bridgehead atoms. The summed E-state index contributed by atoms with van der Waals surface area (Å²) in [5.41, 5.74) is 0.532. The van der Waals surface area contributed by atoms with Gasteiger partial charge in [0.25, 0.3) is 0 Å². The molecule has 0 aliphatic heterocycles. The van der Waals surface area contributed by atoms with Crippen molar-refractivity contribution in [2.45, 2.75) is 25.3 Å². The Kier molecular flexibility index (Phi) is 2.59. The molecule has 1 aliphatic rings. The van der Waals surface area contributed by atoms with Gasteiger partial charge >= 0.3 is 0 Å². The molecule has 1 aromatic heterocycles. The van der Waals surface area contributed by atoms with Crippen LogP contribution in [0.5, 0.6) is 0 Å². The summed E-state index contributed by atoms with van der Waals surface area (Å²) in [7, 11) is 0. The average molecular weight is 252 g/mol. The minimum absolute atomic E-state index is 0.144. The van der Waals surface area contributed by atoms with Crippen LogP contribution in [0.2, 0.25) is 5.02 Å². The van der Waals surface area contributed by atoms with Gasteiger partial charge in [0.1, 0.15) is 12.1 Å². The molecule has 17 heavy (non-hydrogen) atoms. The molecule has 0 spiro atoms. The van der Waals surface area contributed by atoms with Crippen molar-refractivity contribution < 1.29 is 4.39 Å². The highest BCUT2D eigenvalue weighted by Gasteiger charge is 2.27. The standard InChI is InChI=1S/C12H11ClFN3/c13-10-3-1-2-9(11(10)14)6-17-7-15-12(16-17)8-4-5-8/h1-3,7-8H,4-6H2. The first-order chi connectivity index (χ1) is 8.24. The number of benzene rings is 1. The highest BCUT2D eigenvalue weighted by Crippen LogP contribution is 2.37. The van der Waals surface area contributed by atoms with Crippen molar-refractivity contribution in [1.29, 1.82) is 0 Å². The molecule has 3 rings (SSSR count). The maximum Gasteiger partial charge on any atom is 0.153 e. The zero-order valence-electron chi connectivity index (χ0n) is 9.11. The highest BCUT2D eigenvalue weighted by atomic mass is 35.5. The molecule has 0 N–H and O–H groups in total. The molecule has 2 aromatic rings. The van der Waals surface area contributed by atoms with Crippen LogP contribution >= 0.6 is 11.6 Å². The van der Waals surface area contributed by atoms with E-state index in [1.807, 2.05) is 0 Å². The normalized spacial score (nSPS) is 15.2. The van der Waals surface area contributed by atoms with Crippen molar-refractivity contribution in [2.75, 3.05) is 0 Å². The molecular formula is C12H11ClFN3. The molecule has 1 saturated carbocycles. The predicted octanol–water partition coefficient (Wildman–Crippen LogP) is 3.00. The van der Waals surface area contributed by atoms with Gasteiger partial charge in [0.2, 0.25) is 0 Å². The monoisotopic (exact) mass is 251 g/mol. The lowest BCUT2D eigenvalue weighted by Gasteiger charge is -2.03. The van der Waals surface area contributed by atoms with E-state index >= 15 is 0 Å². The molecule has 0 radical (unpaired) electrons. The van der Waals surface area contributed by atoms with Crippen LogP contribution in [0.25, 0.3) is 0 Å². The lowest BCUT2D eigenvalue weighted by atomic mass is 10.2. The van der Waals surface area contributed by atoms with Gasteiger partial charge in [-0.1, -0.05) is 23.7 Å². The molecule has 88 valence electrons. The second kappa shape index (κ2) is 4.11. The smallest absolute Gasteiger partial charge is 0.153 e. The molecule has 3 nitrogen and oxygen atoms in total. The largest absolute Gasteiger partial charge is 0.248 e. The molecule has 0 saturated heterocycles. The molecule has 0 atom stereocenters. The van der Waals surface area contributed by atoms with Gasteiger partial charge in [-0.25, -0.2) is 14.1 Å². The number of halogens is 2. The topological polar surface area (TPSA) is 30.7 Å². The molecule has 1 aliphatic carbocycles. The molecule has 1 aromatic carbocycles. The summed E-state index contributed by atoms with van der Waals surface area (Å²) >= 11 is 5.73. The van der Waals surface area contributed by atoms with Crippen molar-refractivity contribution in [1.82, 2.24) is 14.8 Å². The molecule has 0 unspecified atom stereocenters. The van der Waals surface area contributed by atoms with Crippen molar-refractivity contribution in [3.63, 3.8) is 0 Å². The van der Waals surface area contributed by atoms with E-state index in [9.17, 15) is 4.39 Å². The van der Waals surface area contributed by atoms with E-state index in [0.29, 0.717) is 18.0 Å². The van der Waals surface area contributed by atoms with Crippen molar-refractivity contribution >= 4 is 11.6 Å². The SMILES string of the molecule is Fc1c(Cl)cccc1Cn1cnc(C2CC2)n1. The first kappa shape index (κ1) is 10.7. The average Bonchev–Trinajstić information content (AvgIpc) is 3.06. The predicted molar refractivity (Wildman–Crippen MR) is 62.5 cm³/mol. The minimum Gasteiger partial charge on any atom is -0.248 e. The summed E-state index contributed by atoms with van der Waals surface area (Å²) in [6.07, 6.45) is 3.97. The molecule has 1 heterocycles. The maximum atomic E-state index is 13.7. The van der Waals surface area contributed by atoms with Gasteiger partial charge in [0, 0.05) is 11.5 Å². The molecule has 5 heteroatoms. The van der Waals surface area contributed by atoms with Crippen molar-refractivity contribution in [3.8, 4) is 0 Å². The summed E-state index contributed by atoms with van der Waals surface area (Å²) in [6, 6.07) is 4.98. The van der Waals surface area contributed by atoms with Gasteiger partial charge < -0.3 is 0 Å². The molecule has 0 amide bonds. The van der Waals surface area contributed by atoms with Gasteiger partial charge in [-0.3, -0.25) is 0 Å². The van der Waals surface area contributed by atoms with Crippen LogP contribution in [0, 0.1) is 5.82 Å². The van der Waals surface area contributed by atoms with E-state index in [0.717, 1.165) is 18.7 Å². The van der Waals surface area contributed by atoms with E-state index < -0.39 is 0 Å². The quantitative estimate of drug-likeness (QED) is 0.840. The van der Waals surface area contributed by atoms with E-state index in [1.165, 1.54) is 6.07 Å². The Morgan fingerprint density at radius 2 is 2.24 bits per heavy atom. The fourth-order valence-electron chi connectivity index (χ4n) is 1.76. The minimum atomic E-state index is -0.377.